The largest absolute Gasteiger partial charge is 0.481 e. The number of nitrogens with two attached hydrogens (primary N) is 1. The standard InChI is InChI=1S/C7H12O4.C6H6N2O/c8-6(9)4-2-1-3-5-7(10)11;7-6(9)5-1-3-8-4-2-5/h1-5H2,(H,8,9)(H,10,11);1-4H,(H2,7,9). The number of carboxylic acids is 2. The molecular weight excluding hydrogens is 264 g/mol. The van der Waals surface area contributed by atoms with E-state index in [2.05, 4.69) is 4.98 Å². The number of carbonyl (C=O) groups excluding carboxylic acids is 1. The molecule has 1 rings (SSSR count). The molecule has 0 radical (unpaired) electrons. The van der Waals surface area contributed by atoms with Crippen LogP contribution in [0.1, 0.15) is 42.5 Å². The van der Waals surface area contributed by atoms with Gasteiger partial charge in [-0.15, -0.1) is 0 Å². The smallest absolute Gasteiger partial charge is 0.303 e. The number of pyridine rings is 1. The van der Waals surface area contributed by atoms with E-state index >= 15 is 0 Å². The molecule has 1 aromatic rings. The van der Waals surface area contributed by atoms with Crippen LogP contribution in [0.25, 0.3) is 0 Å². The number of amides is 1. The van der Waals surface area contributed by atoms with Crippen molar-refractivity contribution < 1.29 is 24.6 Å². The van der Waals surface area contributed by atoms with E-state index in [9.17, 15) is 14.4 Å². The Hall–Kier alpha value is -2.44. The Morgan fingerprint density at radius 1 is 0.950 bits per heavy atom. The molecule has 1 amide bonds. The molecule has 7 heteroatoms. The molecule has 0 aliphatic heterocycles. The second-order valence-electron chi connectivity index (χ2n) is 3.95. The van der Waals surface area contributed by atoms with Crippen molar-refractivity contribution in [2.75, 3.05) is 0 Å². The van der Waals surface area contributed by atoms with Gasteiger partial charge in [-0.25, -0.2) is 0 Å². The SMILES string of the molecule is NC(=O)c1ccncc1.O=C(O)CCCCCC(=O)O. The zero-order chi connectivity index (χ0) is 15.4. The van der Waals surface area contributed by atoms with E-state index in [4.69, 9.17) is 15.9 Å². The van der Waals surface area contributed by atoms with Gasteiger partial charge in [0, 0.05) is 30.8 Å². The molecular formula is C13H18N2O5. The minimum Gasteiger partial charge on any atom is -0.481 e. The summed E-state index contributed by atoms with van der Waals surface area (Å²) in [6, 6.07) is 3.14. The van der Waals surface area contributed by atoms with Gasteiger partial charge in [0.2, 0.25) is 5.91 Å². The summed E-state index contributed by atoms with van der Waals surface area (Å²) in [6.45, 7) is 0. The zero-order valence-electron chi connectivity index (χ0n) is 11.0. The summed E-state index contributed by atoms with van der Waals surface area (Å²) in [7, 11) is 0. The first-order valence-electron chi connectivity index (χ1n) is 6.07. The molecule has 0 aromatic carbocycles. The van der Waals surface area contributed by atoms with Gasteiger partial charge in [-0.2, -0.15) is 0 Å². The predicted molar refractivity (Wildman–Crippen MR) is 71.1 cm³/mol. The monoisotopic (exact) mass is 282 g/mol. The molecule has 0 saturated carbocycles. The van der Waals surface area contributed by atoms with Crippen molar-refractivity contribution in [1.82, 2.24) is 4.98 Å². The van der Waals surface area contributed by atoms with E-state index in [1.807, 2.05) is 0 Å². The van der Waals surface area contributed by atoms with Gasteiger partial charge in [0.15, 0.2) is 0 Å². The van der Waals surface area contributed by atoms with Crippen molar-refractivity contribution in [3.05, 3.63) is 30.1 Å². The van der Waals surface area contributed by atoms with Crippen LogP contribution < -0.4 is 5.73 Å². The molecule has 0 aliphatic carbocycles. The summed E-state index contributed by atoms with van der Waals surface area (Å²) in [4.78, 5) is 34.1. The third-order valence-corrected chi connectivity index (χ3v) is 2.25. The fourth-order valence-corrected chi connectivity index (χ4v) is 1.25. The van der Waals surface area contributed by atoms with Gasteiger partial charge >= 0.3 is 11.9 Å². The lowest BCUT2D eigenvalue weighted by Crippen LogP contribution is -2.10. The number of rotatable bonds is 7. The normalized spacial score (nSPS) is 9.20. The summed E-state index contributed by atoms with van der Waals surface area (Å²) >= 11 is 0. The van der Waals surface area contributed by atoms with Crippen LogP contribution in [0.3, 0.4) is 0 Å². The van der Waals surface area contributed by atoms with Gasteiger partial charge in [-0.05, 0) is 25.0 Å². The van der Waals surface area contributed by atoms with Crippen LogP contribution in [0.4, 0.5) is 0 Å². The fourth-order valence-electron chi connectivity index (χ4n) is 1.25. The average molecular weight is 282 g/mol. The number of hydrogen-bond donors (Lipinski definition) is 3. The molecule has 0 aliphatic rings. The Morgan fingerprint density at radius 3 is 1.70 bits per heavy atom. The van der Waals surface area contributed by atoms with Gasteiger partial charge in [0.05, 0.1) is 0 Å². The van der Waals surface area contributed by atoms with Crippen molar-refractivity contribution in [3.8, 4) is 0 Å². The molecule has 0 unspecified atom stereocenters. The van der Waals surface area contributed by atoms with Crippen LogP contribution in [0, 0.1) is 0 Å². The van der Waals surface area contributed by atoms with E-state index in [0.29, 0.717) is 24.8 Å². The summed E-state index contributed by atoms with van der Waals surface area (Å²) in [5.74, 6) is -2.06. The van der Waals surface area contributed by atoms with Crippen LogP contribution in [-0.2, 0) is 9.59 Å². The van der Waals surface area contributed by atoms with Crippen LogP contribution >= 0.6 is 0 Å². The van der Waals surface area contributed by atoms with Crippen molar-refractivity contribution in [3.63, 3.8) is 0 Å². The topological polar surface area (TPSA) is 131 Å². The maximum atomic E-state index is 10.4. The lowest BCUT2D eigenvalue weighted by atomic mass is 10.1. The predicted octanol–water partition coefficient (Wildman–Crippen LogP) is 1.29. The molecule has 0 fully saturated rings. The first-order chi connectivity index (χ1) is 9.43. The minimum absolute atomic E-state index is 0.139. The Kier molecular flexibility index (Phi) is 9.20. The number of unbranched alkanes of at least 4 members (excludes halogenated alkanes) is 2. The number of nitrogens with zero attached hydrogens (tertiary/aromatic N) is 1. The second-order valence-corrected chi connectivity index (χ2v) is 3.95. The molecule has 1 heterocycles. The summed E-state index contributed by atoms with van der Waals surface area (Å²) in [5, 5.41) is 16.4. The van der Waals surface area contributed by atoms with Crippen molar-refractivity contribution >= 4 is 17.8 Å². The molecule has 0 bridgehead atoms. The van der Waals surface area contributed by atoms with Gasteiger partial charge in [-0.3, -0.25) is 19.4 Å². The first-order valence-corrected chi connectivity index (χ1v) is 6.07. The highest BCUT2D eigenvalue weighted by atomic mass is 16.4. The van der Waals surface area contributed by atoms with Gasteiger partial charge < -0.3 is 15.9 Å². The van der Waals surface area contributed by atoms with Gasteiger partial charge in [0.25, 0.3) is 0 Å². The van der Waals surface area contributed by atoms with Crippen LogP contribution in [0.2, 0.25) is 0 Å². The highest BCUT2D eigenvalue weighted by Crippen LogP contribution is 2.02. The number of carboxylic acid groups (broad SMARTS) is 2. The van der Waals surface area contributed by atoms with E-state index in [1.165, 1.54) is 12.4 Å². The highest BCUT2D eigenvalue weighted by molar-refractivity contribution is 5.92. The molecule has 0 atom stereocenters. The van der Waals surface area contributed by atoms with E-state index in [1.54, 1.807) is 12.1 Å². The average Bonchev–Trinajstić information content (AvgIpc) is 2.39. The first kappa shape index (κ1) is 17.6. The number of aromatic nitrogens is 1. The third kappa shape index (κ3) is 10.7. The van der Waals surface area contributed by atoms with Crippen LogP contribution in [0.5, 0.6) is 0 Å². The molecule has 0 spiro atoms. The lowest BCUT2D eigenvalue weighted by molar-refractivity contribution is -0.137. The molecule has 4 N–H and O–H groups in total. The van der Waals surface area contributed by atoms with Gasteiger partial charge in [0.1, 0.15) is 0 Å². The Bertz CT molecular complexity index is 418. The van der Waals surface area contributed by atoms with Crippen molar-refractivity contribution in [2.24, 2.45) is 5.73 Å². The molecule has 7 nitrogen and oxygen atoms in total. The molecule has 0 saturated heterocycles. The summed E-state index contributed by atoms with van der Waals surface area (Å²) in [6.07, 6.45) is 5.16. The van der Waals surface area contributed by atoms with Crippen molar-refractivity contribution in [2.45, 2.75) is 32.1 Å². The number of primary amides is 1. The Morgan fingerprint density at radius 2 is 1.40 bits per heavy atom. The Labute approximate surface area is 116 Å². The maximum absolute atomic E-state index is 10.4. The third-order valence-electron chi connectivity index (χ3n) is 2.25. The number of hydrogen-bond acceptors (Lipinski definition) is 4. The van der Waals surface area contributed by atoms with E-state index in [-0.39, 0.29) is 12.8 Å². The van der Waals surface area contributed by atoms with Crippen molar-refractivity contribution in [1.29, 1.82) is 0 Å². The number of aliphatic carboxylic acids is 2. The molecule has 20 heavy (non-hydrogen) atoms. The lowest BCUT2D eigenvalue weighted by Gasteiger charge is -1.94. The fraction of sp³-hybridized carbons (Fsp3) is 0.385. The van der Waals surface area contributed by atoms with Crippen LogP contribution in [-0.4, -0.2) is 33.0 Å². The van der Waals surface area contributed by atoms with E-state index in [0.717, 1.165) is 0 Å². The molecule has 1 aromatic heterocycles. The Balaban J connectivity index is 0.000000367. The number of carbonyl (C=O) groups is 3. The van der Waals surface area contributed by atoms with Gasteiger partial charge in [-0.1, -0.05) is 6.42 Å². The molecule has 110 valence electrons. The maximum Gasteiger partial charge on any atom is 0.303 e. The van der Waals surface area contributed by atoms with Crippen LogP contribution in [0.15, 0.2) is 24.5 Å². The second kappa shape index (κ2) is 10.5. The minimum atomic E-state index is -0.819. The zero-order valence-corrected chi connectivity index (χ0v) is 11.0. The summed E-state index contributed by atoms with van der Waals surface area (Å²) in [5.41, 5.74) is 5.44. The van der Waals surface area contributed by atoms with E-state index < -0.39 is 17.8 Å². The summed E-state index contributed by atoms with van der Waals surface area (Å²) < 4.78 is 0. The quantitative estimate of drug-likeness (QED) is 0.646. The highest BCUT2D eigenvalue weighted by Gasteiger charge is 1.98.